The number of benzene rings is 2. The van der Waals surface area contributed by atoms with Crippen LogP contribution in [0.1, 0.15) is 50.1 Å². The SMILES string of the molecule is CC(=O)NCCCc1nc2ccccc2n1Cc1ccc(C(C)C)cc1. The average Bonchev–Trinajstić information content (AvgIpc) is 2.97. The normalized spacial score (nSPS) is 11.2. The Kier molecular flexibility index (Phi) is 5.71. The molecule has 3 rings (SSSR count). The number of nitrogens with one attached hydrogen (secondary N) is 1. The summed E-state index contributed by atoms with van der Waals surface area (Å²) in [7, 11) is 0. The molecule has 0 radical (unpaired) electrons. The van der Waals surface area contributed by atoms with Crippen molar-refractivity contribution in [2.75, 3.05) is 6.54 Å². The van der Waals surface area contributed by atoms with Gasteiger partial charge in [-0.25, -0.2) is 4.98 Å². The third-order valence-electron chi connectivity index (χ3n) is 4.67. The maximum atomic E-state index is 11.0. The second kappa shape index (κ2) is 8.17. The van der Waals surface area contributed by atoms with Crippen molar-refractivity contribution in [2.45, 2.75) is 46.1 Å². The molecule has 0 aliphatic carbocycles. The molecule has 136 valence electrons. The van der Waals surface area contributed by atoms with Gasteiger partial charge in [-0.2, -0.15) is 0 Å². The summed E-state index contributed by atoms with van der Waals surface area (Å²) in [6.07, 6.45) is 1.73. The summed E-state index contributed by atoms with van der Waals surface area (Å²) < 4.78 is 2.30. The van der Waals surface area contributed by atoms with Crippen LogP contribution in [0.4, 0.5) is 0 Å². The van der Waals surface area contributed by atoms with E-state index in [9.17, 15) is 4.79 Å². The first kappa shape index (κ1) is 18.2. The van der Waals surface area contributed by atoms with Gasteiger partial charge in [-0.15, -0.1) is 0 Å². The number of rotatable bonds is 7. The fraction of sp³-hybridized carbons (Fsp3) is 0.364. The molecule has 4 heteroatoms. The van der Waals surface area contributed by atoms with Crippen LogP contribution in [-0.2, 0) is 17.8 Å². The summed E-state index contributed by atoms with van der Waals surface area (Å²) in [6.45, 7) is 7.48. The number of hydrogen-bond donors (Lipinski definition) is 1. The topological polar surface area (TPSA) is 46.9 Å². The van der Waals surface area contributed by atoms with Crippen molar-refractivity contribution in [3.05, 3.63) is 65.5 Å². The summed E-state index contributed by atoms with van der Waals surface area (Å²) in [4.78, 5) is 15.9. The molecule has 0 unspecified atom stereocenters. The van der Waals surface area contributed by atoms with Crippen LogP contribution >= 0.6 is 0 Å². The first-order chi connectivity index (χ1) is 12.5. The predicted molar refractivity (Wildman–Crippen MR) is 106 cm³/mol. The zero-order valence-electron chi connectivity index (χ0n) is 15.8. The quantitative estimate of drug-likeness (QED) is 0.647. The molecule has 0 aliphatic rings. The number of carbonyl (C=O) groups is 1. The average molecular weight is 349 g/mol. The number of imidazole rings is 1. The van der Waals surface area contributed by atoms with Crippen LogP contribution in [0.15, 0.2) is 48.5 Å². The molecule has 0 atom stereocenters. The first-order valence-electron chi connectivity index (χ1n) is 9.32. The number of fused-ring (bicyclic) bond motifs is 1. The maximum Gasteiger partial charge on any atom is 0.216 e. The molecule has 26 heavy (non-hydrogen) atoms. The highest BCUT2D eigenvalue weighted by Crippen LogP contribution is 2.20. The van der Waals surface area contributed by atoms with Gasteiger partial charge < -0.3 is 9.88 Å². The molecular formula is C22H27N3O. The van der Waals surface area contributed by atoms with Crippen LogP contribution in [0.5, 0.6) is 0 Å². The molecule has 0 fully saturated rings. The number of aryl methyl sites for hydroxylation is 1. The zero-order chi connectivity index (χ0) is 18.5. The summed E-state index contributed by atoms with van der Waals surface area (Å²) in [6, 6.07) is 17.1. The van der Waals surface area contributed by atoms with Gasteiger partial charge in [-0.05, 0) is 35.6 Å². The minimum Gasteiger partial charge on any atom is -0.356 e. The lowest BCUT2D eigenvalue weighted by Gasteiger charge is -2.11. The second-order valence-corrected chi connectivity index (χ2v) is 7.09. The lowest BCUT2D eigenvalue weighted by atomic mass is 10.0. The van der Waals surface area contributed by atoms with Gasteiger partial charge in [0.05, 0.1) is 11.0 Å². The Balaban J connectivity index is 1.82. The fourth-order valence-electron chi connectivity index (χ4n) is 3.19. The highest BCUT2D eigenvalue weighted by atomic mass is 16.1. The van der Waals surface area contributed by atoms with Crippen LogP contribution < -0.4 is 5.32 Å². The van der Waals surface area contributed by atoms with Crippen molar-refractivity contribution >= 4 is 16.9 Å². The molecule has 0 saturated heterocycles. The van der Waals surface area contributed by atoms with Crippen molar-refractivity contribution in [3.8, 4) is 0 Å². The van der Waals surface area contributed by atoms with Gasteiger partial charge >= 0.3 is 0 Å². The van der Waals surface area contributed by atoms with Crippen LogP contribution in [-0.4, -0.2) is 22.0 Å². The molecular weight excluding hydrogens is 322 g/mol. The molecule has 1 N–H and O–H groups in total. The first-order valence-corrected chi connectivity index (χ1v) is 9.32. The lowest BCUT2D eigenvalue weighted by Crippen LogP contribution is -2.21. The van der Waals surface area contributed by atoms with E-state index in [1.165, 1.54) is 11.1 Å². The minimum atomic E-state index is 0.0174. The van der Waals surface area contributed by atoms with E-state index >= 15 is 0 Å². The molecule has 4 nitrogen and oxygen atoms in total. The molecule has 1 amide bonds. The Hall–Kier alpha value is -2.62. The zero-order valence-corrected chi connectivity index (χ0v) is 15.8. The summed E-state index contributed by atoms with van der Waals surface area (Å²) in [5, 5.41) is 2.86. The van der Waals surface area contributed by atoms with E-state index in [-0.39, 0.29) is 5.91 Å². The standard InChI is InChI=1S/C22H27N3O/c1-16(2)19-12-10-18(11-13-19)15-25-21-8-5-4-7-20(21)24-22(25)9-6-14-23-17(3)26/h4-5,7-8,10-13,16H,6,9,14-15H2,1-3H3,(H,23,26). The van der Waals surface area contributed by atoms with Crippen LogP contribution in [0.25, 0.3) is 11.0 Å². The third-order valence-corrected chi connectivity index (χ3v) is 4.67. The van der Waals surface area contributed by atoms with Crippen molar-refractivity contribution in [1.29, 1.82) is 0 Å². The summed E-state index contributed by atoms with van der Waals surface area (Å²) in [5.41, 5.74) is 4.83. The van der Waals surface area contributed by atoms with Crippen LogP contribution in [0.3, 0.4) is 0 Å². The highest BCUT2D eigenvalue weighted by Gasteiger charge is 2.11. The monoisotopic (exact) mass is 349 g/mol. The van der Waals surface area contributed by atoms with Crippen LogP contribution in [0, 0.1) is 0 Å². The van der Waals surface area contributed by atoms with Gasteiger partial charge in [0, 0.05) is 26.4 Å². The van der Waals surface area contributed by atoms with Crippen LogP contribution in [0.2, 0.25) is 0 Å². The second-order valence-electron chi connectivity index (χ2n) is 7.09. The maximum absolute atomic E-state index is 11.0. The van der Waals surface area contributed by atoms with Gasteiger partial charge in [0.15, 0.2) is 0 Å². The molecule has 0 spiro atoms. The number of nitrogens with zero attached hydrogens (tertiary/aromatic N) is 2. The van der Waals surface area contributed by atoms with E-state index in [4.69, 9.17) is 4.98 Å². The smallest absolute Gasteiger partial charge is 0.216 e. The van der Waals surface area contributed by atoms with E-state index in [1.807, 2.05) is 6.07 Å². The van der Waals surface area contributed by atoms with Crippen molar-refractivity contribution < 1.29 is 4.79 Å². The van der Waals surface area contributed by atoms with E-state index in [1.54, 1.807) is 6.92 Å². The number of para-hydroxylation sites is 2. The molecule has 1 heterocycles. The van der Waals surface area contributed by atoms with E-state index in [0.717, 1.165) is 36.2 Å². The van der Waals surface area contributed by atoms with E-state index < -0.39 is 0 Å². The molecule has 0 aliphatic heterocycles. The van der Waals surface area contributed by atoms with Gasteiger partial charge in [-0.1, -0.05) is 50.2 Å². The van der Waals surface area contributed by atoms with Crippen molar-refractivity contribution in [2.24, 2.45) is 0 Å². The van der Waals surface area contributed by atoms with Gasteiger partial charge in [-0.3, -0.25) is 4.79 Å². The number of hydrogen-bond acceptors (Lipinski definition) is 2. The third kappa shape index (κ3) is 4.31. The van der Waals surface area contributed by atoms with Crippen molar-refractivity contribution in [1.82, 2.24) is 14.9 Å². The lowest BCUT2D eigenvalue weighted by molar-refractivity contribution is -0.118. The minimum absolute atomic E-state index is 0.0174. The Morgan fingerprint density at radius 3 is 2.54 bits per heavy atom. The Morgan fingerprint density at radius 1 is 1.12 bits per heavy atom. The fourth-order valence-corrected chi connectivity index (χ4v) is 3.19. The molecule has 3 aromatic rings. The van der Waals surface area contributed by atoms with Gasteiger partial charge in [0.25, 0.3) is 0 Å². The molecule has 1 aromatic heterocycles. The highest BCUT2D eigenvalue weighted by molar-refractivity contribution is 5.76. The van der Waals surface area contributed by atoms with Crippen molar-refractivity contribution in [3.63, 3.8) is 0 Å². The summed E-state index contributed by atoms with van der Waals surface area (Å²) >= 11 is 0. The number of carbonyl (C=O) groups excluding carboxylic acids is 1. The Labute approximate surface area is 155 Å². The van der Waals surface area contributed by atoms with Gasteiger partial charge in [0.1, 0.15) is 5.82 Å². The summed E-state index contributed by atoms with van der Waals surface area (Å²) in [5.74, 6) is 1.63. The number of amides is 1. The molecule has 0 saturated carbocycles. The van der Waals surface area contributed by atoms with E-state index in [2.05, 4.69) is 66.2 Å². The Morgan fingerprint density at radius 2 is 1.85 bits per heavy atom. The van der Waals surface area contributed by atoms with Gasteiger partial charge in [0.2, 0.25) is 5.91 Å². The predicted octanol–water partition coefficient (Wildman–Crippen LogP) is 4.28. The largest absolute Gasteiger partial charge is 0.356 e. The number of aromatic nitrogens is 2. The molecule has 2 aromatic carbocycles. The molecule has 0 bridgehead atoms. The van der Waals surface area contributed by atoms with E-state index in [0.29, 0.717) is 12.5 Å². The Bertz CT molecular complexity index is 878.